The van der Waals surface area contributed by atoms with Gasteiger partial charge in [0.25, 0.3) is 0 Å². The van der Waals surface area contributed by atoms with Crippen LogP contribution in [0.2, 0.25) is 0 Å². The Balaban J connectivity index is 0.000000177. The van der Waals surface area contributed by atoms with Gasteiger partial charge >= 0.3 is 694 Å². The number of hydrogen-bond acceptors (Lipinski definition) is 20. The summed E-state index contributed by atoms with van der Waals surface area (Å²) in [6.07, 6.45) is -3.59. The van der Waals surface area contributed by atoms with Crippen molar-refractivity contribution in [1.82, 2.24) is 0 Å². The summed E-state index contributed by atoms with van der Waals surface area (Å²) in [5.74, 6) is -13.7. The average molecular weight is 2250 g/mol. The summed E-state index contributed by atoms with van der Waals surface area (Å²) in [6, 6.07) is 109. The number of ether oxygens (including phenoxy) is 6. The van der Waals surface area contributed by atoms with Gasteiger partial charge in [-0.05, 0) is 0 Å². The van der Waals surface area contributed by atoms with E-state index in [1.165, 1.54) is 50.9 Å². The van der Waals surface area contributed by atoms with Gasteiger partial charge in [0, 0.05) is 0 Å². The third-order valence-electron chi connectivity index (χ3n) is 18.3. The fourth-order valence-corrected chi connectivity index (χ4v) is 40.4. The molecule has 0 aliphatic carbocycles. The zero-order valence-corrected chi connectivity index (χ0v) is 78.8. The van der Waals surface area contributed by atoms with Crippen molar-refractivity contribution < 1.29 is 127 Å². The first kappa shape index (κ1) is 98.4. The van der Waals surface area contributed by atoms with Gasteiger partial charge in [-0.25, -0.2) is 16.8 Å². The molecular formula is C91H80F8O20S3Te4-4. The SMILES string of the molecule is O=C(CCc1ccc([TeH]2c3ccccc3-c3ccccc32)cc1)OCCC(F)(F)C(F)(F)S(=O)(=O)[O-].O=C(COc1ccc([TeH](c2ccccc2)c2ccccc2)cc1)OCCC(F)(F)C(F)(F)S(=O)(=O)[O-].O=C(COc1ccc([TeH](c2ccccc2)c2ccccc2)cc1)OCCS(=O)(=O)[O-].O=C([O-])COc1ccc([TeH](c2ccccc2)c2ccccc2)cc1. The molecule has 0 bridgehead atoms. The van der Waals surface area contributed by atoms with Crippen molar-refractivity contribution in [3.05, 3.63) is 333 Å². The molecule has 0 aromatic heterocycles. The van der Waals surface area contributed by atoms with Gasteiger partial charge < -0.3 is 9.11 Å². The zero-order valence-electron chi connectivity index (χ0n) is 66.2. The van der Waals surface area contributed by atoms with Crippen LogP contribution in [0.4, 0.5) is 35.1 Å². The Hall–Kier alpha value is -9.75. The first-order valence-corrected chi connectivity index (χ1v) is 57.7. The molecule has 0 fully saturated rings. The molecule has 0 atom stereocenters. The fraction of sp³-hybridized carbons (Fsp3) is 0.165. The number of hydrogen-bond donors (Lipinski definition) is 0. The van der Waals surface area contributed by atoms with Gasteiger partial charge in [-0.1, -0.05) is 0 Å². The van der Waals surface area contributed by atoms with Crippen LogP contribution in [0.15, 0.2) is 328 Å². The van der Waals surface area contributed by atoms with Crippen LogP contribution in [0.1, 0.15) is 24.8 Å². The molecule has 0 saturated carbocycles. The van der Waals surface area contributed by atoms with Gasteiger partial charge in [-0.3, -0.25) is 0 Å². The number of aliphatic carboxylic acids is 1. The number of benzene rings is 12. The first-order chi connectivity index (χ1) is 60.0. The molecule has 0 spiro atoms. The molecule has 20 nitrogen and oxygen atoms in total. The van der Waals surface area contributed by atoms with E-state index in [0.29, 0.717) is 17.2 Å². The molecule has 126 heavy (non-hydrogen) atoms. The van der Waals surface area contributed by atoms with Gasteiger partial charge in [-0.15, -0.1) is 0 Å². The second kappa shape index (κ2) is 45.8. The van der Waals surface area contributed by atoms with E-state index in [1.807, 2.05) is 170 Å². The minimum absolute atomic E-state index is 0.183. The van der Waals surface area contributed by atoms with E-state index in [0.717, 1.165) is 9.17 Å². The Morgan fingerprint density at radius 1 is 0.325 bits per heavy atom. The Morgan fingerprint density at radius 3 is 0.889 bits per heavy atom. The fourth-order valence-electron chi connectivity index (χ4n) is 12.2. The van der Waals surface area contributed by atoms with Crippen LogP contribution in [0.25, 0.3) is 11.1 Å². The van der Waals surface area contributed by atoms with E-state index in [-0.39, 0.29) is 19.4 Å². The summed E-state index contributed by atoms with van der Waals surface area (Å²) in [7, 11) is -17.6. The van der Waals surface area contributed by atoms with Crippen LogP contribution in [0, 0.1) is 0 Å². The topological polar surface area (TPSA) is 318 Å². The minimum atomic E-state index is -6.60. The van der Waals surface area contributed by atoms with E-state index < -0.39 is 206 Å². The third-order valence-corrected chi connectivity index (χ3v) is 49.0. The molecular weight excluding hydrogens is 2170 g/mol. The Labute approximate surface area is 750 Å². The van der Waals surface area contributed by atoms with E-state index in [9.17, 15) is 98.3 Å². The molecule has 0 N–H and O–H groups in total. The summed E-state index contributed by atoms with van der Waals surface area (Å²) in [5.41, 5.74) is 3.34. The molecule has 0 amide bonds. The summed E-state index contributed by atoms with van der Waals surface area (Å²) in [5, 5.41) is -1.13. The normalized spacial score (nSPS) is 12.5. The van der Waals surface area contributed by atoms with Crippen LogP contribution in [-0.2, 0) is 70.2 Å². The number of fused-ring (bicyclic) bond motifs is 3. The molecule has 35 heteroatoms. The summed E-state index contributed by atoms with van der Waals surface area (Å²) < 4.78 is 245. The van der Waals surface area contributed by atoms with Crippen molar-refractivity contribution in [1.29, 1.82) is 0 Å². The van der Waals surface area contributed by atoms with E-state index >= 15 is 0 Å². The molecule has 0 unspecified atom stereocenters. The van der Waals surface area contributed by atoms with Crippen LogP contribution < -0.4 is 62.7 Å². The van der Waals surface area contributed by atoms with E-state index in [4.69, 9.17) is 14.2 Å². The van der Waals surface area contributed by atoms with Gasteiger partial charge in [0.05, 0.1) is 0 Å². The average Bonchev–Trinajstić information content (AvgIpc) is 1.62. The summed E-state index contributed by atoms with van der Waals surface area (Å²) in [6.45, 7) is -4.34. The van der Waals surface area contributed by atoms with Crippen LogP contribution in [0.3, 0.4) is 0 Å². The van der Waals surface area contributed by atoms with Gasteiger partial charge in [0.2, 0.25) is 0 Å². The number of carbonyl (C=O) groups excluding carboxylic acids is 4. The van der Waals surface area contributed by atoms with E-state index in [2.05, 4.69) is 160 Å². The number of rotatable bonds is 35. The van der Waals surface area contributed by atoms with Crippen LogP contribution in [-0.4, -0.2) is 209 Å². The Bertz CT molecular complexity index is 5650. The molecule has 0 radical (unpaired) electrons. The molecule has 1 aliphatic rings. The van der Waals surface area contributed by atoms with Crippen molar-refractivity contribution in [2.75, 3.05) is 45.4 Å². The van der Waals surface area contributed by atoms with Crippen molar-refractivity contribution in [2.45, 2.75) is 48.0 Å². The van der Waals surface area contributed by atoms with Crippen LogP contribution >= 0.6 is 0 Å². The van der Waals surface area contributed by atoms with Crippen molar-refractivity contribution in [3.63, 3.8) is 0 Å². The van der Waals surface area contributed by atoms with Crippen molar-refractivity contribution >= 4 is 176 Å². The molecule has 1 aliphatic heterocycles. The summed E-state index contributed by atoms with van der Waals surface area (Å²) >= 11 is -8.77. The standard InChI is InChI=1S/C25H22F4O5STe.C24H22F4O6STe.C22H22O6STe.C20H18O3Te/c26-24(27,25(28,29)35(31,32)33)15-16-34-23(30)14-11-17-9-12-18(13-10-17)36-21-7-3-1-5-19(21)20-6-2-4-8-22(20)36;25-23(26,24(27,28)35(30,31)32)15-16-33-22(29)17-34-18-11-13-21(14-12-18)36(19-7-3-1-4-8-19)20-9-5-2-6-10-20;23-22(27-15-16-29(24,25)26)17-28-18-11-13-21(14-12-18)30(19-7-3-1-4-8-19)20-9-5-2-6-10-20;21-20(22)15-23-16-11-13-19(14-12-16)24(17-7-3-1-4-8-17)18-9-5-2-6-10-18/h1-10,12-13,36H,11,14-16H2,(H,31,32,33);1-14,36H,15-17H2,(H,30,31,32);1-14,30H,15-17H2,(H,24,25,26);1-14,24H,15H2,(H,21,22)/p-4. The van der Waals surface area contributed by atoms with Gasteiger partial charge in [0.1, 0.15) is 0 Å². The monoisotopic (exact) mass is 2260 g/mol. The quantitative estimate of drug-likeness (QED) is 0.0165. The summed E-state index contributed by atoms with van der Waals surface area (Å²) in [4.78, 5) is 45.7. The predicted octanol–water partition coefficient (Wildman–Crippen LogP) is 5.04. The molecule has 13 rings (SSSR count). The second-order valence-electron chi connectivity index (χ2n) is 27.0. The number of carboxylic acid groups (broad SMARTS) is 1. The van der Waals surface area contributed by atoms with Gasteiger partial charge in [0.15, 0.2) is 20.2 Å². The molecule has 0 saturated heterocycles. The van der Waals surface area contributed by atoms with Crippen molar-refractivity contribution in [2.24, 2.45) is 0 Å². The molecule has 12 aromatic carbocycles. The van der Waals surface area contributed by atoms with Crippen molar-refractivity contribution in [3.8, 4) is 28.4 Å². The predicted molar refractivity (Wildman–Crippen MR) is 466 cm³/mol. The number of aryl methyl sites for hydroxylation is 1. The number of halogens is 8. The Kier molecular flexibility index (Phi) is 35.8. The Morgan fingerprint density at radius 2 is 0.595 bits per heavy atom. The number of carboxylic acids is 1. The molecule has 12 aromatic rings. The number of carbonyl (C=O) groups is 4. The second-order valence-corrected chi connectivity index (χ2v) is 56.6. The van der Waals surface area contributed by atoms with Gasteiger partial charge in [-0.2, -0.15) is 17.6 Å². The molecule has 1 heterocycles. The zero-order chi connectivity index (χ0) is 90.7. The number of alkyl halides is 8. The molecule has 666 valence electrons. The maximum atomic E-state index is 13.4. The van der Waals surface area contributed by atoms with E-state index in [1.54, 1.807) is 12.1 Å². The van der Waals surface area contributed by atoms with Crippen LogP contribution in [0.5, 0.6) is 17.2 Å². The maximum absolute atomic E-state index is 13.4. The first-order valence-electron chi connectivity index (χ1n) is 38.0. The number of esters is 3. The third kappa shape index (κ3) is 27.9.